The van der Waals surface area contributed by atoms with Crippen molar-refractivity contribution in [2.45, 2.75) is 75.9 Å². The number of oxime groups is 1. The van der Waals surface area contributed by atoms with Gasteiger partial charge in [0.05, 0.1) is 18.2 Å². The maximum absolute atomic E-state index is 14.3. The van der Waals surface area contributed by atoms with Gasteiger partial charge in [-0.1, -0.05) is 121 Å². The Hall–Kier alpha value is -5.94. The van der Waals surface area contributed by atoms with Crippen LogP contribution in [0.25, 0.3) is 10.8 Å². The molecule has 1 fully saturated rings. The van der Waals surface area contributed by atoms with Gasteiger partial charge >= 0.3 is 6.09 Å². The molecule has 2 N–H and O–H groups in total. The molecule has 63 heavy (non-hydrogen) atoms. The first-order valence-electron chi connectivity index (χ1n) is 22.3. The Morgan fingerprint density at radius 3 is 2.22 bits per heavy atom. The molecule has 328 valence electrons. The molecule has 1 heterocycles. The number of aliphatic hydroxyl groups is 2. The Bertz CT molecular complexity index is 2390. The Kier molecular flexibility index (Phi) is 14.2. The number of aliphatic hydroxyl groups excluding tert-OH is 2. The topological polar surface area (TPSA) is 119 Å². The molecule has 1 amide bonds. The quantitative estimate of drug-likeness (QED) is 0.0479. The van der Waals surface area contributed by atoms with Gasteiger partial charge in [-0.25, -0.2) is 4.79 Å². The van der Waals surface area contributed by atoms with Crippen LogP contribution in [0.3, 0.4) is 0 Å². The van der Waals surface area contributed by atoms with E-state index in [-0.39, 0.29) is 57.2 Å². The average Bonchev–Trinajstić information content (AvgIpc) is 3.32. The van der Waals surface area contributed by atoms with Crippen LogP contribution in [0.4, 0.5) is 4.79 Å². The molecule has 0 saturated heterocycles. The van der Waals surface area contributed by atoms with Crippen molar-refractivity contribution in [1.82, 2.24) is 4.90 Å². The van der Waals surface area contributed by atoms with Crippen LogP contribution in [0, 0.1) is 17.8 Å². The van der Waals surface area contributed by atoms with E-state index in [0.717, 1.165) is 64.5 Å². The van der Waals surface area contributed by atoms with E-state index >= 15 is 0 Å². The molecule has 0 bridgehead atoms. The van der Waals surface area contributed by atoms with Crippen LogP contribution in [-0.2, 0) is 27.5 Å². The van der Waals surface area contributed by atoms with Crippen molar-refractivity contribution < 1.29 is 38.8 Å². The molecule has 5 aromatic carbocycles. The molecule has 10 heteroatoms. The highest BCUT2D eigenvalue weighted by Crippen LogP contribution is 2.62. The summed E-state index contributed by atoms with van der Waals surface area (Å²) in [5.41, 5.74) is 4.50. The summed E-state index contributed by atoms with van der Waals surface area (Å²) in [6.07, 6.45) is 8.44. The molecule has 1 saturated carbocycles. The average molecular weight is 851 g/mol. The summed E-state index contributed by atoms with van der Waals surface area (Å²) >= 11 is 0. The summed E-state index contributed by atoms with van der Waals surface area (Å²) in [7, 11) is 1.74. The van der Waals surface area contributed by atoms with Crippen LogP contribution < -0.4 is 9.47 Å². The van der Waals surface area contributed by atoms with Crippen LogP contribution in [0.1, 0.15) is 67.6 Å². The molecule has 8 rings (SSSR count). The number of allylic oxidation sites excluding steroid dienone is 1. The van der Waals surface area contributed by atoms with Crippen LogP contribution in [0.2, 0.25) is 0 Å². The fraction of sp³-hybridized carbons (Fsp3) is 0.358. The fourth-order valence-electron chi connectivity index (χ4n) is 9.87. The first-order valence-corrected chi connectivity index (χ1v) is 22.3. The van der Waals surface area contributed by atoms with Crippen molar-refractivity contribution in [3.63, 3.8) is 0 Å². The number of carbonyl (C=O) groups is 1. The highest BCUT2D eigenvalue weighted by Gasteiger charge is 2.65. The van der Waals surface area contributed by atoms with Gasteiger partial charge in [-0.05, 0) is 95.3 Å². The molecule has 0 radical (unpaired) electrons. The molecule has 1 aliphatic heterocycles. The maximum Gasteiger partial charge on any atom is 0.410 e. The molecule has 2 aliphatic carbocycles. The Morgan fingerprint density at radius 1 is 0.825 bits per heavy atom. The third-order valence-electron chi connectivity index (χ3n) is 12.8. The second kappa shape index (κ2) is 20.5. The number of likely N-dealkylation sites (N-methyl/N-ethyl adjacent to an activating group) is 1. The van der Waals surface area contributed by atoms with Gasteiger partial charge in [0.25, 0.3) is 0 Å². The van der Waals surface area contributed by atoms with Crippen molar-refractivity contribution in [1.29, 1.82) is 0 Å². The van der Waals surface area contributed by atoms with E-state index in [2.05, 4.69) is 36.9 Å². The predicted molar refractivity (Wildman–Crippen MR) is 245 cm³/mol. The SMILES string of the molecule is C=CCO[C@@]12Oc3ccc(Oc4ccc5ccccc5c4)cc3[C@H]3[C@H](CCCCO)[C@@H](CCCCO)C=C(C(=NOCc4ccccc4)C[C@@H]1N(C)C(=O)OCc1ccccc1)[C@H]32. The number of carbonyl (C=O) groups excluding carboxylic acids is 1. The normalized spacial score (nSPS) is 22.9. The van der Waals surface area contributed by atoms with Gasteiger partial charge in [-0.15, -0.1) is 6.58 Å². The van der Waals surface area contributed by atoms with Crippen LogP contribution in [0.5, 0.6) is 17.2 Å². The molecule has 0 aromatic heterocycles. The van der Waals surface area contributed by atoms with Crippen molar-refractivity contribution in [2.24, 2.45) is 22.9 Å². The number of rotatable bonds is 19. The van der Waals surface area contributed by atoms with Gasteiger partial charge in [-0.3, -0.25) is 0 Å². The molecular weight excluding hydrogens is 793 g/mol. The number of hydrogen-bond acceptors (Lipinski definition) is 9. The lowest BCUT2D eigenvalue weighted by Gasteiger charge is -2.59. The number of benzene rings is 5. The summed E-state index contributed by atoms with van der Waals surface area (Å²) in [6.45, 7) is 4.77. The Morgan fingerprint density at radius 2 is 1.49 bits per heavy atom. The largest absolute Gasteiger partial charge is 0.459 e. The number of unbranched alkanes of at least 4 members (excludes halogenated alkanes) is 2. The van der Waals surface area contributed by atoms with Crippen LogP contribution in [-0.4, -0.2) is 65.6 Å². The van der Waals surface area contributed by atoms with Crippen molar-refractivity contribution in [3.8, 4) is 17.2 Å². The Balaban J connectivity index is 1.27. The van der Waals surface area contributed by atoms with E-state index in [4.69, 9.17) is 28.9 Å². The molecule has 6 atom stereocenters. The Labute approximate surface area is 370 Å². The lowest BCUT2D eigenvalue weighted by molar-refractivity contribution is -0.253. The summed E-state index contributed by atoms with van der Waals surface area (Å²) in [4.78, 5) is 22.1. The smallest absolute Gasteiger partial charge is 0.410 e. The lowest BCUT2D eigenvalue weighted by Crippen LogP contribution is -2.69. The maximum atomic E-state index is 14.3. The highest BCUT2D eigenvalue weighted by molar-refractivity contribution is 6.03. The molecule has 0 unspecified atom stereocenters. The minimum Gasteiger partial charge on any atom is -0.459 e. The fourth-order valence-corrected chi connectivity index (χ4v) is 9.87. The second-order valence-corrected chi connectivity index (χ2v) is 16.8. The van der Waals surface area contributed by atoms with Crippen molar-refractivity contribution in [3.05, 3.63) is 162 Å². The summed E-state index contributed by atoms with van der Waals surface area (Å²) in [6, 6.07) is 39.1. The van der Waals surface area contributed by atoms with Crippen molar-refractivity contribution in [2.75, 3.05) is 26.9 Å². The van der Waals surface area contributed by atoms with E-state index in [1.165, 1.54) is 0 Å². The monoisotopic (exact) mass is 850 g/mol. The standard InChI is InChI=1S/C53H58N2O8/c1-3-30-60-53-49(55(2)52(58)59-35-37-16-6-4-7-17-37)34-47(54-61-36-38-18-8-5-9-19-38)45-32-41(22-12-14-28-56)44(23-13-15-29-57)50(51(45)53)46-33-43(26-27-48(46)63-53)62-42-25-24-39-20-10-11-21-40(39)31-42/h3-11,16-21,24-27,31-33,41,44,49-51,56-57H,1,12-15,22-23,28-30,34-36H2,2H3/t41-,44+,49-,50+,51+,53+/m0/s1. The predicted octanol–water partition coefficient (Wildman–Crippen LogP) is 10.7. The number of hydrogen-bond donors (Lipinski definition) is 2. The van der Waals surface area contributed by atoms with Gasteiger partial charge in [0, 0.05) is 38.2 Å². The number of amides is 1. The number of nitrogens with zero attached hydrogens (tertiary/aromatic N) is 2. The number of ether oxygens (including phenoxy) is 4. The van der Waals surface area contributed by atoms with Gasteiger partial charge in [0.2, 0.25) is 5.79 Å². The third-order valence-corrected chi connectivity index (χ3v) is 12.8. The second-order valence-electron chi connectivity index (χ2n) is 16.8. The lowest BCUT2D eigenvalue weighted by atomic mass is 9.55. The molecule has 3 aliphatic rings. The zero-order valence-electron chi connectivity index (χ0n) is 36.0. The summed E-state index contributed by atoms with van der Waals surface area (Å²) in [5.74, 6) is 0.122. The van der Waals surface area contributed by atoms with Gasteiger partial charge in [-0.2, -0.15) is 0 Å². The van der Waals surface area contributed by atoms with E-state index in [1.807, 2.05) is 97.1 Å². The van der Waals surface area contributed by atoms with E-state index in [9.17, 15) is 15.0 Å². The minimum absolute atomic E-state index is 0.0647. The van der Waals surface area contributed by atoms with E-state index < -0.39 is 23.8 Å². The summed E-state index contributed by atoms with van der Waals surface area (Å²) in [5, 5.41) is 27.0. The van der Waals surface area contributed by atoms with E-state index in [0.29, 0.717) is 30.1 Å². The van der Waals surface area contributed by atoms with Crippen LogP contribution in [0.15, 0.2) is 151 Å². The molecule has 0 spiro atoms. The summed E-state index contributed by atoms with van der Waals surface area (Å²) < 4.78 is 27.0. The number of fused-ring (bicyclic) bond motifs is 3. The zero-order valence-corrected chi connectivity index (χ0v) is 36.0. The highest BCUT2D eigenvalue weighted by atomic mass is 16.7. The van der Waals surface area contributed by atoms with Gasteiger partial charge < -0.3 is 38.9 Å². The molecular formula is C53H58N2O8. The van der Waals surface area contributed by atoms with Gasteiger partial charge in [0.1, 0.15) is 36.5 Å². The first kappa shape index (κ1) is 43.7. The molecule has 5 aromatic rings. The van der Waals surface area contributed by atoms with Crippen LogP contribution >= 0.6 is 0 Å². The molecule has 10 nitrogen and oxygen atoms in total. The first-order chi connectivity index (χ1) is 30.9. The zero-order chi connectivity index (χ0) is 43.6. The van der Waals surface area contributed by atoms with E-state index in [1.54, 1.807) is 18.0 Å². The minimum atomic E-state index is -1.40. The van der Waals surface area contributed by atoms with Crippen molar-refractivity contribution >= 4 is 22.6 Å². The van der Waals surface area contributed by atoms with Gasteiger partial charge in [0.15, 0.2) is 0 Å². The third kappa shape index (κ3) is 9.69.